The third-order valence-corrected chi connectivity index (χ3v) is 8.14. The highest BCUT2D eigenvalue weighted by atomic mass is 32.2. The zero-order valence-electron chi connectivity index (χ0n) is 20.4. The van der Waals surface area contributed by atoms with Crippen molar-refractivity contribution in [3.63, 3.8) is 0 Å². The number of aliphatic carboxylic acids is 1. The van der Waals surface area contributed by atoms with Gasteiger partial charge in [0, 0.05) is 30.0 Å². The number of aryl methyl sites for hydroxylation is 1. The number of hydrogen-bond donors (Lipinski definition) is 2. The van der Waals surface area contributed by atoms with Crippen molar-refractivity contribution in [3.8, 4) is 16.9 Å². The van der Waals surface area contributed by atoms with Gasteiger partial charge in [0.25, 0.3) is 0 Å². The number of nitrogens with zero attached hydrogens (tertiary/aromatic N) is 1. The van der Waals surface area contributed by atoms with Crippen molar-refractivity contribution < 1.29 is 23.1 Å². The van der Waals surface area contributed by atoms with E-state index in [1.165, 1.54) is 11.8 Å². The lowest BCUT2D eigenvalue weighted by Crippen LogP contribution is -2.10. The Labute approximate surface area is 211 Å². The molecular weight excluding hydrogens is 476 g/mol. The molecule has 2 aliphatic rings. The summed E-state index contributed by atoms with van der Waals surface area (Å²) in [6.07, 6.45) is 2.60. The van der Waals surface area contributed by atoms with Gasteiger partial charge in [-0.05, 0) is 78.3 Å². The molecule has 8 heteroatoms. The van der Waals surface area contributed by atoms with E-state index in [4.69, 9.17) is 4.74 Å². The number of carboxylic acid groups (broad SMARTS) is 1. The third-order valence-electron chi connectivity index (χ3n) is 7.11. The number of rotatable bonds is 10. The van der Waals surface area contributed by atoms with Crippen molar-refractivity contribution in [1.82, 2.24) is 4.98 Å². The van der Waals surface area contributed by atoms with Gasteiger partial charge in [0.1, 0.15) is 28.0 Å². The van der Waals surface area contributed by atoms with Crippen LogP contribution in [-0.4, -0.2) is 43.0 Å². The van der Waals surface area contributed by atoms with Gasteiger partial charge in [-0.25, -0.2) is 13.4 Å². The van der Waals surface area contributed by atoms with Crippen LogP contribution in [0.4, 0.5) is 5.82 Å². The van der Waals surface area contributed by atoms with E-state index >= 15 is 0 Å². The van der Waals surface area contributed by atoms with Gasteiger partial charge >= 0.3 is 5.97 Å². The number of sulfone groups is 1. The van der Waals surface area contributed by atoms with Crippen LogP contribution in [0.3, 0.4) is 0 Å². The van der Waals surface area contributed by atoms with Crippen LogP contribution in [0, 0.1) is 18.8 Å². The van der Waals surface area contributed by atoms with Crippen LogP contribution in [0.25, 0.3) is 11.1 Å². The van der Waals surface area contributed by atoms with E-state index in [1.807, 2.05) is 49.4 Å². The average Bonchev–Trinajstić information content (AvgIpc) is 3.43. The molecule has 3 unspecified atom stereocenters. The molecular formula is C28H30N2O5S. The van der Waals surface area contributed by atoms with Crippen LogP contribution in [0.15, 0.2) is 54.6 Å². The summed E-state index contributed by atoms with van der Waals surface area (Å²) in [4.78, 5) is 15.9. The predicted octanol–water partition coefficient (Wildman–Crippen LogP) is 4.45. The molecule has 0 bridgehead atoms. The normalized spacial score (nSPS) is 19.9. The Balaban J connectivity index is 1.20. The maximum Gasteiger partial charge on any atom is 0.307 e. The van der Waals surface area contributed by atoms with Crippen LogP contribution in [0.1, 0.15) is 34.7 Å². The van der Waals surface area contributed by atoms with E-state index in [0.717, 1.165) is 45.9 Å². The zero-order chi connectivity index (χ0) is 25.4. The number of pyridine rings is 1. The van der Waals surface area contributed by atoms with Gasteiger partial charge in [0.05, 0.1) is 11.7 Å². The zero-order valence-corrected chi connectivity index (χ0v) is 21.2. The van der Waals surface area contributed by atoms with Crippen LogP contribution < -0.4 is 10.1 Å². The Hall–Kier alpha value is -3.39. The van der Waals surface area contributed by atoms with Crippen LogP contribution in [0.5, 0.6) is 5.75 Å². The van der Waals surface area contributed by atoms with E-state index < -0.39 is 15.8 Å². The number of carboxylic acids is 1. The number of ether oxygens (including phenoxy) is 1. The third kappa shape index (κ3) is 5.23. The maximum absolute atomic E-state index is 11.3. The van der Waals surface area contributed by atoms with Gasteiger partial charge in [-0.1, -0.05) is 24.3 Å². The number of carbonyl (C=O) groups is 1. The molecule has 1 aromatic heterocycles. The standard InChI is InChI=1S/C28H30N2O5S/c1-17-22(9-10-25(30-17)29-11-4-12-36(2,33)34)19-6-3-5-18(13-19)16-35-21-7-8-23-20(14-21)15-24-26(23)27(24)28(31)32/h3,5-10,13-14,24,26-27H,4,11-12,15-16H2,1-2H3,(H,29,30)(H,31,32). The predicted molar refractivity (Wildman–Crippen MR) is 139 cm³/mol. The summed E-state index contributed by atoms with van der Waals surface area (Å²) in [7, 11) is -2.95. The van der Waals surface area contributed by atoms with Gasteiger partial charge in [-0.15, -0.1) is 0 Å². The Morgan fingerprint density at radius 1 is 1.17 bits per heavy atom. The molecule has 0 aliphatic heterocycles. The highest BCUT2D eigenvalue weighted by molar-refractivity contribution is 7.90. The summed E-state index contributed by atoms with van der Waals surface area (Å²) in [5.41, 5.74) is 6.39. The Morgan fingerprint density at radius 2 is 2.00 bits per heavy atom. The Morgan fingerprint density at radius 3 is 2.75 bits per heavy atom. The number of hydrogen-bond acceptors (Lipinski definition) is 6. The molecule has 0 spiro atoms. The lowest BCUT2D eigenvalue weighted by Gasteiger charge is -2.12. The summed E-state index contributed by atoms with van der Waals surface area (Å²) >= 11 is 0. The summed E-state index contributed by atoms with van der Waals surface area (Å²) in [6, 6.07) is 18.2. The monoisotopic (exact) mass is 506 g/mol. The van der Waals surface area contributed by atoms with Crippen molar-refractivity contribution >= 4 is 21.6 Å². The summed E-state index contributed by atoms with van der Waals surface area (Å²) in [6.45, 7) is 2.95. The van der Waals surface area contributed by atoms with E-state index in [-0.39, 0.29) is 23.5 Å². The molecule has 5 rings (SSSR count). The van der Waals surface area contributed by atoms with Gasteiger partial charge in [0.15, 0.2) is 0 Å². The highest BCUT2D eigenvalue weighted by Crippen LogP contribution is 2.61. The van der Waals surface area contributed by atoms with Crippen molar-refractivity contribution in [2.45, 2.75) is 32.3 Å². The minimum absolute atomic E-state index is 0.156. The molecule has 3 atom stereocenters. The fourth-order valence-corrected chi connectivity index (χ4v) is 6.00. The summed E-state index contributed by atoms with van der Waals surface area (Å²) in [5, 5.41) is 12.5. The van der Waals surface area contributed by atoms with Gasteiger partial charge < -0.3 is 15.2 Å². The molecule has 0 radical (unpaired) electrons. The first kappa shape index (κ1) is 24.3. The van der Waals surface area contributed by atoms with Crippen molar-refractivity contribution in [2.75, 3.05) is 23.9 Å². The smallest absolute Gasteiger partial charge is 0.307 e. The van der Waals surface area contributed by atoms with Crippen LogP contribution in [0.2, 0.25) is 0 Å². The number of benzene rings is 2. The largest absolute Gasteiger partial charge is 0.489 e. The quantitative estimate of drug-likeness (QED) is 0.391. The van der Waals surface area contributed by atoms with Gasteiger partial charge in [0.2, 0.25) is 0 Å². The van der Waals surface area contributed by atoms with Crippen molar-refractivity contribution in [3.05, 3.63) is 77.0 Å². The second-order valence-corrected chi connectivity index (χ2v) is 12.1. The first-order valence-corrected chi connectivity index (χ1v) is 14.2. The SMILES string of the molecule is Cc1nc(NCCCS(C)(=O)=O)ccc1-c1cccc(COc2ccc3c(c2)CC2C(C(=O)O)C32)c1. The first-order valence-electron chi connectivity index (χ1n) is 12.2. The van der Waals surface area contributed by atoms with Gasteiger partial charge in [-0.3, -0.25) is 4.79 Å². The van der Waals surface area contributed by atoms with Gasteiger partial charge in [-0.2, -0.15) is 0 Å². The van der Waals surface area contributed by atoms with Crippen LogP contribution >= 0.6 is 0 Å². The Bertz CT molecular complexity index is 1420. The number of aromatic nitrogens is 1. The first-order chi connectivity index (χ1) is 17.2. The summed E-state index contributed by atoms with van der Waals surface area (Å²) in [5.74, 6) is 1.21. The molecule has 1 fully saturated rings. The molecule has 0 saturated heterocycles. The molecule has 36 heavy (non-hydrogen) atoms. The fourth-order valence-electron chi connectivity index (χ4n) is 5.33. The summed E-state index contributed by atoms with van der Waals surface area (Å²) < 4.78 is 28.6. The van der Waals surface area contributed by atoms with E-state index in [2.05, 4.69) is 22.4 Å². The molecule has 3 aromatic rings. The van der Waals surface area contributed by atoms with Crippen molar-refractivity contribution in [2.24, 2.45) is 11.8 Å². The highest BCUT2D eigenvalue weighted by Gasteiger charge is 2.59. The molecule has 7 nitrogen and oxygen atoms in total. The topological polar surface area (TPSA) is 106 Å². The molecule has 1 heterocycles. The molecule has 2 aromatic carbocycles. The van der Waals surface area contributed by atoms with E-state index in [1.54, 1.807) is 0 Å². The minimum Gasteiger partial charge on any atom is -0.489 e. The number of nitrogens with one attached hydrogen (secondary N) is 1. The van der Waals surface area contributed by atoms with Crippen LogP contribution in [-0.2, 0) is 27.7 Å². The molecule has 188 valence electrons. The minimum atomic E-state index is -2.95. The maximum atomic E-state index is 11.3. The molecule has 1 saturated carbocycles. The fraction of sp³-hybridized carbons (Fsp3) is 0.357. The lowest BCUT2D eigenvalue weighted by molar-refractivity contribution is -0.139. The van der Waals surface area contributed by atoms with E-state index in [9.17, 15) is 18.3 Å². The lowest BCUT2D eigenvalue weighted by atomic mass is 10.0. The number of anilines is 1. The molecule has 2 aliphatic carbocycles. The molecule has 0 amide bonds. The van der Waals surface area contributed by atoms with Crippen molar-refractivity contribution in [1.29, 1.82) is 0 Å². The number of fused-ring (bicyclic) bond motifs is 3. The average molecular weight is 507 g/mol. The Kier molecular flexibility index (Phi) is 6.47. The molecule has 2 N–H and O–H groups in total. The van der Waals surface area contributed by atoms with E-state index in [0.29, 0.717) is 19.6 Å². The second-order valence-electron chi connectivity index (χ2n) is 9.85. The second kappa shape index (κ2) is 9.58.